The van der Waals surface area contributed by atoms with Crippen LogP contribution < -0.4 is 19.7 Å². The summed E-state index contributed by atoms with van der Waals surface area (Å²) in [5.41, 5.74) is 1.86. The van der Waals surface area contributed by atoms with Gasteiger partial charge in [-0.15, -0.1) is 4.83 Å². The molecule has 152 valence electrons. The Balaban J connectivity index is 2.18. The highest BCUT2D eigenvalue weighted by molar-refractivity contribution is 7.89. The third-order valence-corrected chi connectivity index (χ3v) is 4.64. The summed E-state index contributed by atoms with van der Waals surface area (Å²) in [5.74, 6) is -5.69. The van der Waals surface area contributed by atoms with E-state index in [1.54, 1.807) is 18.7 Å². The predicted octanol–water partition coefficient (Wildman–Crippen LogP) is 2.52. The molecule has 0 heterocycles. The van der Waals surface area contributed by atoms with Gasteiger partial charge in [0.1, 0.15) is 4.90 Å². The van der Waals surface area contributed by atoms with E-state index in [9.17, 15) is 26.4 Å². The second-order valence-corrected chi connectivity index (χ2v) is 7.42. The van der Waals surface area contributed by atoms with Gasteiger partial charge in [0, 0.05) is 5.56 Å². The number of methoxy groups -OCH3 is 1. The molecule has 0 aliphatic carbocycles. The van der Waals surface area contributed by atoms with Crippen molar-refractivity contribution in [1.29, 1.82) is 0 Å². The number of benzene rings is 2. The van der Waals surface area contributed by atoms with Crippen LogP contribution in [0.3, 0.4) is 0 Å². The molecule has 0 aromatic heterocycles. The van der Waals surface area contributed by atoms with Crippen LogP contribution in [0.2, 0.25) is 0 Å². The number of rotatable bonds is 7. The maximum absolute atomic E-state index is 13.7. The molecule has 7 nitrogen and oxygen atoms in total. The van der Waals surface area contributed by atoms with Crippen LogP contribution in [-0.2, 0) is 10.0 Å². The molecule has 0 radical (unpaired) electrons. The van der Waals surface area contributed by atoms with Crippen LogP contribution in [0.5, 0.6) is 11.5 Å². The van der Waals surface area contributed by atoms with Crippen molar-refractivity contribution in [2.45, 2.75) is 24.8 Å². The van der Waals surface area contributed by atoms with E-state index in [2.05, 4.69) is 0 Å². The molecule has 11 heteroatoms. The monoisotopic (exact) mass is 418 g/mol. The number of carbonyl (C=O) groups excluding carboxylic acids is 1. The third-order valence-electron chi connectivity index (χ3n) is 3.38. The third kappa shape index (κ3) is 4.73. The molecule has 2 rings (SSSR count). The summed E-state index contributed by atoms with van der Waals surface area (Å²) >= 11 is 0. The summed E-state index contributed by atoms with van der Waals surface area (Å²) < 4.78 is 74.6. The van der Waals surface area contributed by atoms with Crippen molar-refractivity contribution in [1.82, 2.24) is 10.3 Å². The number of hydrogen-bond acceptors (Lipinski definition) is 5. The summed E-state index contributed by atoms with van der Waals surface area (Å²) in [4.78, 5) is 12.6. The lowest BCUT2D eigenvalue weighted by molar-refractivity contribution is 0.0944. The first kappa shape index (κ1) is 21.5. The summed E-state index contributed by atoms with van der Waals surface area (Å²) in [6.07, 6.45) is -0.147. The van der Waals surface area contributed by atoms with Crippen LogP contribution in [0.1, 0.15) is 24.2 Å². The first-order valence-electron chi connectivity index (χ1n) is 7.87. The average molecular weight is 418 g/mol. The molecule has 0 aliphatic heterocycles. The predicted molar refractivity (Wildman–Crippen MR) is 92.9 cm³/mol. The fourth-order valence-electron chi connectivity index (χ4n) is 2.12. The fraction of sp³-hybridized carbons (Fsp3) is 0.235. The van der Waals surface area contributed by atoms with E-state index < -0.39 is 38.3 Å². The number of hydrogen-bond donors (Lipinski definition) is 2. The minimum Gasteiger partial charge on any atom is -0.493 e. The van der Waals surface area contributed by atoms with Crippen molar-refractivity contribution in [2.75, 3.05) is 7.11 Å². The topological polar surface area (TPSA) is 93.7 Å². The van der Waals surface area contributed by atoms with Gasteiger partial charge in [-0.2, -0.15) is 0 Å². The van der Waals surface area contributed by atoms with Gasteiger partial charge in [-0.3, -0.25) is 10.2 Å². The molecule has 2 aromatic rings. The van der Waals surface area contributed by atoms with Crippen molar-refractivity contribution in [3.8, 4) is 11.5 Å². The Morgan fingerprint density at radius 2 is 1.71 bits per heavy atom. The lowest BCUT2D eigenvalue weighted by Gasteiger charge is -2.14. The number of nitrogens with one attached hydrogen (secondary N) is 2. The zero-order valence-electron chi connectivity index (χ0n) is 15.0. The molecule has 0 atom stereocenters. The van der Waals surface area contributed by atoms with Crippen LogP contribution >= 0.6 is 0 Å². The lowest BCUT2D eigenvalue weighted by Crippen LogP contribution is -2.41. The number of halogens is 3. The Bertz CT molecular complexity index is 997. The van der Waals surface area contributed by atoms with Crippen molar-refractivity contribution < 1.29 is 35.9 Å². The van der Waals surface area contributed by atoms with Gasteiger partial charge < -0.3 is 9.47 Å². The van der Waals surface area contributed by atoms with Crippen molar-refractivity contribution in [3.05, 3.63) is 53.3 Å². The standard InChI is InChI=1S/C17H17F3N2O5S/c1-9(2)27-12-6-4-10(8-13(12)26-3)17(23)21-22-28(24,25)14-7-5-11(18)15(19)16(14)20/h4-9,22H,1-3H3,(H,21,23). The van der Waals surface area contributed by atoms with Gasteiger partial charge in [0.2, 0.25) is 0 Å². The van der Waals surface area contributed by atoms with Gasteiger partial charge in [0.05, 0.1) is 13.2 Å². The van der Waals surface area contributed by atoms with E-state index in [1.807, 2.05) is 5.43 Å². The Morgan fingerprint density at radius 1 is 1.04 bits per heavy atom. The summed E-state index contributed by atoms with van der Waals surface area (Å²) in [6.45, 7) is 3.60. The van der Waals surface area contributed by atoms with E-state index in [0.29, 0.717) is 17.9 Å². The normalized spacial score (nSPS) is 11.4. The van der Waals surface area contributed by atoms with Gasteiger partial charge in [0.25, 0.3) is 15.9 Å². The number of carbonyl (C=O) groups is 1. The van der Waals surface area contributed by atoms with Gasteiger partial charge in [-0.1, -0.05) is 0 Å². The van der Waals surface area contributed by atoms with Gasteiger partial charge in [-0.25, -0.2) is 21.6 Å². The summed E-state index contributed by atoms with van der Waals surface area (Å²) in [7, 11) is -3.33. The average Bonchev–Trinajstić information content (AvgIpc) is 2.64. The van der Waals surface area contributed by atoms with E-state index in [0.717, 1.165) is 0 Å². The molecule has 0 aliphatic rings. The minimum atomic E-state index is -4.69. The smallest absolute Gasteiger partial charge is 0.266 e. The van der Waals surface area contributed by atoms with Gasteiger partial charge >= 0.3 is 0 Å². The molecule has 0 unspecified atom stereocenters. The number of hydrazine groups is 1. The SMILES string of the molecule is COc1cc(C(=O)NNS(=O)(=O)c2ccc(F)c(F)c2F)ccc1OC(C)C. The van der Waals surface area contributed by atoms with Crippen LogP contribution in [0.15, 0.2) is 35.2 Å². The van der Waals surface area contributed by atoms with Crippen LogP contribution in [0.25, 0.3) is 0 Å². The molecule has 0 spiro atoms. The summed E-state index contributed by atoms with van der Waals surface area (Å²) in [6, 6.07) is 5.09. The molecule has 0 fully saturated rings. The first-order chi connectivity index (χ1) is 13.1. The number of amides is 1. The first-order valence-corrected chi connectivity index (χ1v) is 9.35. The lowest BCUT2D eigenvalue weighted by atomic mass is 10.2. The number of sulfonamides is 1. The van der Waals surface area contributed by atoms with Crippen LogP contribution in [0, 0.1) is 17.5 Å². The fourth-order valence-corrected chi connectivity index (χ4v) is 3.03. The minimum absolute atomic E-state index is 0.00131. The Kier molecular flexibility index (Phi) is 6.52. The molecule has 1 amide bonds. The molecule has 0 saturated heterocycles. The van der Waals surface area contributed by atoms with Gasteiger partial charge in [0.15, 0.2) is 29.0 Å². The van der Waals surface area contributed by atoms with E-state index in [-0.39, 0.29) is 17.4 Å². The quantitative estimate of drug-likeness (QED) is 0.532. The van der Waals surface area contributed by atoms with Crippen molar-refractivity contribution >= 4 is 15.9 Å². The van der Waals surface area contributed by atoms with E-state index in [1.165, 1.54) is 25.3 Å². The second kappa shape index (κ2) is 8.48. The van der Waals surface area contributed by atoms with Crippen molar-refractivity contribution in [3.63, 3.8) is 0 Å². The van der Waals surface area contributed by atoms with E-state index in [4.69, 9.17) is 9.47 Å². The zero-order chi connectivity index (χ0) is 21.1. The Hall–Kier alpha value is -2.79. The Labute approximate surface area is 159 Å². The maximum Gasteiger partial charge on any atom is 0.266 e. The van der Waals surface area contributed by atoms with Crippen LogP contribution in [0.4, 0.5) is 13.2 Å². The van der Waals surface area contributed by atoms with Crippen molar-refractivity contribution in [2.24, 2.45) is 0 Å². The highest BCUT2D eigenvalue weighted by Crippen LogP contribution is 2.29. The Morgan fingerprint density at radius 3 is 2.32 bits per heavy atom. The second-order valence-electron chi connectivity index (χ2n) is 5.77. The molecular weight excluding hydrogens is 401 g/mol. The highest BCUT2D eigenvalue weighted by Gasteiger charge is 2.24. The zero-order valence-corrected chi connectivity index (χ0v) is 15.9. The number of ether oxygens (including phenoxy) is 2. The molecule has 28 heavy (non-hydrogen) atoms. The molecule has 0 bridgehead atoms. The van der Waals surface area contributed by atoms with E-state index >= 15 is 0 Å². The maximum atomic E-state index is 13.7. The molecule has 2 aromatic carbocycles. The largest absolute Gasteiger partial charge is 0.493 e. The highest BCUT2D eigenvalue weighted by atomic mass is 32.2. The molecular formula is C17H17F3N2O5S. The van der Waals surface area contributed by atoms with Crippen LogP contribution in [-0.4, -0.2) is 27.5 Å². The summed E-state index contributed by atoms with van der Waals surface area (Å²) in [5, 5.41) is 0. The molecule has 0 saturated carbocycles. The molecule has 2 N–H and O–H groups in total. The van der Waals surface area contributed by atoms with Gasteiger partial charge in [-0.05, 0) is 44.2 Å².